The molecular weight excluding hydrogens is 332 g/mol. The zero-order valence-electron chi connectivity index (χ0n) is 14.6. The molecule has 0 spiro atoms. The number of carboxylic acid groups (broad SMARTS) is 1. The smallest absolute Gasteiger partial charge is 0.342 e. The lowest BCUT2D eigenvalue weighted by Gasteiger charge is -2.21. The van der Waals surface area contributed by atoms with Crippen LogP contribution in [-0.2, 0) is 16.0 Å². The highest BCUT2D eigenvalue weighted by atomic mass is 16.5. The van der Waals surface area contributed by atoms with Crippen molar-refractivity contribution in [2.24, 2.45) is 0 Å². The second-order valence-electron chi connectivity index (χ2n) is 6.24. The van der Waals surface area contributed by atoms with Crippen LogP contribution >= 0.6 is 0 Å². The number of hydrogen-bond acceptors (Lipinski definition) is 4. The largest absolute Gasteiger partial charge is 0.507 e. The number of hydrogen-bond donors (Lipinski definition) is 2. The Labute approximate surface area is 153 Å². The fourth-order valence-corrected chi connectivity index (χ4v) is 2.81. The van der Waals surface area contributed by atoms with Crippen molar-refractivity contribution in [1.82, 2.24) is 0 Å². The van der Waals surface area contributed by atoms with Crippen molar-refractivity contribution < 1.29 is 24.5 Å². The number of benzene rings is 2. The van der Waals surface area contributed by atoms with Crippen molar-refractivity contribution in [2.75, 3.05) is 0 Å². The molecule has 1 saturated carbocycles. The van der Waals surface area contributed by atoms with Gasteiger partial charge in [0.1, 0.15) is 17.4 Å². The molecule has 0 saturated heterocycles. The minimum absolute atomic E-state index is 0.0108. The maximum Gasteiger partial charge on any atom is 0.342 e. The first-order chi connectivity index (χ1) is 12.6. The molecule has 0 atom stereocenters. The third kappa shape index (κ3) is 6.59. The van der Waals surface area contributed by atoms with Gasteiger partial charge in [0, 0.05) is 0 Å². The van der Waals surface area contributed by atoms with Gasteiger partial charge in [-0.3, -0.25) is 4.79 Å². The Morgan fingerprint density at radius 2 is 1.54 bits per heavy atom. The molecule has 26 heavy (non-hydrogen) atoms. The first-order valence-corrected chi connectivity index (χ1v) is 8.81. The summed E-state index contributed by atoms with van der Waals surface area (Å²) in [5.74, 6) is -1.21. The van der Waals surface area contributed by atoms with E-state index in [0.717, 1.165) is 31.2 Å². The number of para-hydroxylation sites is 1. The van der Waals surface area contributed by atoms with E-state index in [0.29, 0.717) is 0 Å². The van der Waals surface area contributed by atoms with Gasteiger partial charge in [0.05, 0.1) is 6.42 Å². The maximum atomic E-state index is 11.8. The third-order valence-electron chi connectivity index (χ3n) is 4.15. The van der Waals surface area contributed by atoms with Gasteiger partial charge < -0.3 is 14.9 Å². The summed E-state index contributed by atoms with van der Waals surface area (Å²) in [5, 5.41) is 17.9. The van der Waals surface area contributed by atoms with E-state index in [1.807, 2.05) is 18.2 Å². The molecule has 2 N–H and O–H groups in total. The molecular formula is C21H24O5. The average molecular weight is 356 g/mol. The van der Waals surface area contributed by atoms with Gasteiger partial charge in [0.25, 0.3) is 0 Å². The number of phenols is 1. The van der Waals surface area contributed by atoms with Crippen molar-refractivity contribution in [3.8, 4) is 5.75 Å². The average Bonchev–Trinajstić information content (AvgIpc) is 2.64. The van der Waals surface area contributed by atoms with Crippen molar-refractivity contribution >= 4 is 11.9 Å². The Hall–Kier alpha value is -2.82. The zero-order chi connectivity index (χ0) is 18.8. The molecule has 138 valence electrons. The number of carbonyl (C=O) groups is 2. The van der Waals surface area contributed by atoms with Crippen LogP contribution in [0.3, 0.4) is 0 Å². The molecule has 0 amide bonds. The topological polar surface area (TPSA) is 83.8 Å². The molecule has 3 rings (SSSR count). The summed E-state index contributed by atoms with van der Waals surface area (Å²) in [6.07, 6.45) is 5.50. The van der Waals surface area contributed by atoms with Crippen LogP contribution in [0.2, 0.25) is 0 Å². The van der Waals surface area contributed by atoms with Gasteiger partial charge in [0.2, 0.25) is 0 Å². The number of aromatic hydroxyl groups is 1. The van der Waals surface area contributed by atoms with E-state index in [1.54, 1.807) is 30.3 Å². The van der Waals surface area contributed by atoms with Crippen LogP contribution in [-0.4, -0.2) is 28.3 Å². The first-order valence-electron chi connectivity index (χ1n) is 8.81. The van der Waals surface area contributed by atoms with Gasteiger partial charge >= 0.3 is 11.9 Å². The van der Waals surface area contributed by atoms with Crippen LogP contribution < -0.4 is 0 Å². The predicted octanol–water partition coefficient (Wildman–Crippen LogP) is 4.20. The third-order valence-corrected chi connectivity index (χ3v) is 4.15. The van der Waals surface area contributed by atoms with E-state index >= 15 is 0 Å². The summed E-state index contributed by atoms with van der Waals surface area (Å²) in [6, 6.07) is 15.6. The zero-order valence-corrected chi connectivity index (χ0v) is 14.6. The van der Waals surface area contributed by atoms with Gasteiger partial charge in [0.15, 0.2) is 0 Å². The van der Waals surface area contributed by atoms with E-state index in [-0.39, 0.29) is 23.8 Å². The molecule has 0 bridgehead atoms. The molecule has 1 fully saturated rings. The summed E-state index contributed by atoms with van der Waals surface area (Å²) in [7, 11) is 0. The normalized spacial score (nSPS) is 14.0. The Morgan fingerprint density at radius 1 is 0.923 bits per heavy atom. The molecule has 0 unspecified atom stereocenters. The molecule has 0 aromatic heterocycles. The van der Waals surface area contributed by atoms with Crippen LogP contribution in [0, 0.1) is 0 Å². The monoisotopic (exact) mass is 356 g/mol. The van der Waals surface area contributed by atoms with Gasteiger partial charge in [-0.05, 0) is 43.4 Å². The number of ether oxygens (including phenoxy) is 1. The van der Waals surface area contributed by atoms with E-state index in [4.69, 9.17) is 9.84 Å². The molecule has 5 heteroatoms. The SMILES string of the molecule is O=C(O)Cc1ccccc1.O=C(OC1CCCCC1)c1ccccc1O. The summed E-state index contributed by atoms with van der Waals surface area (Å²) < 4.78 is 5.36. The van der Waals surface area contributed by atoms with E-state index in [2.05, 4.69) is 0 Å². The minimum atomic E-state index is -0.786. The van der Waals surface area contributed by atoms with Crippen molar-refractivity contribution in [3.05, 3.63) is 65.7 Å². The first kappa shape index (κ1) is 19.5. The van der Waals surface area contributed by atoms with E-state index in [9.17, 15) is 14.7 Å². The predicted molar refractivity (Wildman–Crippen MR) is 98.2 cm³/mol. The Balaban J connectivity index is 0.000000209. The molecule has 5 nitrogen and oxygen atoms in total. The quantitative estimate of drug-likeness (QED) is 0.802. The Kier molecular flexibility index (Phi) is 7.68. The van der Waals surface area contributed by atoms with Crippen LogP contribution in [0.4, 0.5) is 0 Å². The lowest BCUT2D eigenvalue weighted by atomic mass is 9.98. The van der Waals surface area contributed by atoms with Crippen LogP contribution in [0.15, 0.2) is 54.6 Å². The number of carboxylic acids is 1. The van der Waals surface area contributed by atoms with Crippen molar-refractivity contribution in [3.63, 3.8) is 0 Å². The van der Waals surface area contributed by atoms with E-state index in [1.165, 1.54) is 12.5 Å². The molecule has 1 aliphatic rings. The lowest BCUT2D eigenvalue weighted by molar-refractivity contribution is -0.136. The van der Waals surface area contributed by atoms with Gasteiger partial charge in [-0.1, -0.05) is 48.9 Å². The Morgan fingerprint density at radius 3 is 2.15 bits per heavy atom. The number of aliphatic carboxylic acids is 1. The van der Waals surface area contributed by atoms with Crippen molar-refractivity contribution in [2.45, 2.75) is 44.6 Å². The highest BCUT2D eigenvalue weighted by Gasteiger charge is 2.20. The highest BCUT2D eigenvalue weighted by molar-refractivity contribution is 5.92. The summed E-state index contributed by atoms with van der Waals surface area (Å²) >= 11 is 0. The van der Waals surface area contributed by atoms with Crippen LogP contribution in [0.5, 0.6) is 5.75 Å². The van der Waals surface area contributed by atoms with E-state index < -0.39 is 11.9 Å². The second kappa shape index (κ2) is 10.2. The second-order valence-corrected chi connectivity index (χ2v) is 6.24. The lowest BCUT2D eigenvalue weighted by Crippen LogP contribution is -2.20. The van der Waals surface area contributed by atoms with Gasteiger partial charge in [-0.25, -0.2) is 4.79 Å². The number of phenolic OH excluding ortho intramolecular Hbond substituents is 1. The van der Waals surface area contributed by atoms with Crippen LogP contribution in [0.1, 0.15) is 48.0 Å². The standard InChI is InChI=1S/C13H16O3.C8H8O2/c14-12-9-5-4-8-11(12)13(15)16-10-6-2-1-3-7-10;9-8(10)6-7-4-2-1-3-5-7/h4-5,8-10,14H,1-3,6-7H2;1-5H,6H2,(H,9,10). The van der Waals surface area contributed by atoms with Crippen LogP contribution in [0.25, 0.3) is 0 Å². The minimum Gasteiger partial charge on any atom is -0.507 e. The maximum absolute atomic E-state index is 11.8. The van der Waals surface area contributed by atoms with Gasteiger partial charge in [-0.2, -0.15) is 0 Å². The number of rotatable bonds is 4. The highest BCUT2D eigenvalue weighted by Crippen LogP contribution is 2.23. The summed E-state index contributed by atoms with van der Waals surface area (Å²) in [6.45, 7) is 0. The van der Waals surface area contributed by atoms with Crippen molar-refractivity contribution in [1.29, 1.82) is 0 Å². The summed E-state index contributed by atoms with van der Waals surface area (Å²) in [5.41, 5.74) is 1.10. The molecule has 1 aliphatic carbocycles. The summed E-state index contributed by atoms with van der Waals surface area (Å²) in [4.78, 5) is 21.9. The fraction of sp³-hybridized carbons (Fsp3) is 0.333. The fourth-order valence-electron chi connectivity index (χ4n) is 2.81. The molecule has 2 aromatic rings. The number of carbonyl (C=O) groups excluding carboxylic acids is 1. The molecule has 0 heterocycles. The van der Waals surface area contributed by atoms with Gasteiger partial charge in [-0.15, -0.1) is 0 Å². The molecule has 0 aliphatic heterocycles. The molecule has 0 radical (unpaired) electrons. The molecule has 2 aromatic carbocycles. The number of esters is 1. The Bertz CT molecular complexity index is 705.